The molecule has 2 aromatic carbocycles. The Bertz CT molecular complexity index is 1290. The first kappa shape index (κ1) is 25.3. The predicted octanol–water partition coefficient (Wildman–Crippen LogP) is 3.86. The number of rotatable bonds is 10. The van der Waals surface area contributed by atoms with Crippen molar-refractivity contribution in [2.75, 3.05) is 32.5 Å². The largest absolute Gasteiger partial charge is 0.328 e. The predicted molar refractivity (Wildman–Crippen MR) is 139 cm³/mol. The van der Waals surface area contributed by atoms with Crippen LogP contribution in [0.25, 0.3) is 11.0 Å². The Morgan fingerprint density at radius 1 is 1.11 bits per heavy atom. The summed E-state index contributed by atoms with van der Waals surface area (Å²) in [6.45, 7) is 4.74. The van der Waals surface area contributed by atoms with E-state index < -0.39 is 10.0 Å². The van der Waals surface area contributed by atoms with E-state index in [1.807, 2.05) is 44.4 Å². The van der Waals surface area contributed by atoms with Gasteiger partial charge < -0.3 is 14.8 Å². The molecule has 1 aliphatic heterocycles. The van der Waals surface area contributed by atoms with Crippen LogP contribution in [0.5, 0.6) is 0 Å². The maximum Gasteiger partial charge on any atom is 0.243 e. The van der Waals surface area contributed by atoms with E-state index in [9.17, 15) is 13.2 Å². The third-order valence-electron chi connectivity index (χ3n) is 6.30. The number of sulfonamides is 1. The molecule has 0 radical (unpaired) electrons. The van der Waals surface area contributed by atoms with E-state index in [1.165, 1.54) is 0 Å². The molecule has 0 atom stereocenters. The van der Waals surface area contributed by atoms with Crippen LogP contribution in [0, 0.1) is 0 Å². The van der Waals surface area contributed by atoms with Gasteiger partial charge >= 0.3 is 0 Å². The second-order valence-corrected chi connectivity index (χ2v) is 11.3. The molecule has 1 saturated heterocycles. The first-order valence-corrected chi connectivity index (χ1v) is 13.8. The molecule has 8 nitrogen and oxygen atoms in total. The summed E-state index contributed by atoms with van der Waals surface area (Å²) in [4.78, 5) is 19.9. The summed E-state index contributed by atoms with van der Waals surface area (Å²) in [5.74, 6) is 0.734. The van der Waals surface area contributed by atoms with E-state index in [-0.39, 0.29) is 10.8 Å². The lowest BCUT2D eigenvalue weighted by molar-refractivity contribution is -0.116. The Morgan fingerprint density at radius 2 is 1.86 bits per heavy atom. The van der Waals surface area contributed by atoms with E-state index in [1.54, 1.807) is 16.4 Å². The van der Waals surface area contributed by atoms with Gasteiger partial charge in [0.2, 0.25) is 15.9 Å². The Labute approximate surface area is 208 Å². The number of imidazole rings is 1. The molecule has 3 aromatic rings. The Kier molecular flexibility index (Phi) is 7.88. The van der Waals surface area contributed by atoms with Crippen LogP contribution in [0.1, 0.15) is 44.0 Å². The van der Waals surface area contributed by atoms with Crippen LogP contribution < -0.4 is 5.32 Å². The Morgan fingerprint density at radius 3 is 2.57 bits per heavy atom. The molecule has 0 spiro atoms. The van der Waals surface area contributed by atoms with Crippen molar-refractivity contribution >= 4 is 32.7 Å². The van der Waals surface area contributed by atoms with Gasteiger partial charge in [0.05, 0.1) is 15.9 Å². The van der Waals surface area contributed by atoms with Crippen LogP contribution in [-0.2, 0) is 34.3 Å². The molecular weight excluding hydrogens is 462 g/mol. The van der Waals surface area contributed by atoms with Crippen molar-refractivity contribution in [3.63, 3.8) is 0 Å². The normalized spacial score (nSPS) is 14.7. The molecule has 0 aliphatic carbocycles. The minimum atomic E-state index is -3.50. The second kappa shape index (κ2) is 10.9. The zero-order valence-electron chi connectivity index (χ0n) is 20.8. The summed E-state index contributed by atoms with van der Waals surface area (Å²) in [6, 6.07) is 13.0. The fraction of sp³-hybridized carbons (Fsp3) is 0.462. The first-order valence-electron chi connectivity index (χ1n) is 12.3. The molecule has 0 saturated carbocycles. The van der Waals surface area contributed by atoms with Crippen molar-refractivity contribution in [3.05, 3.63) is 53.9 Å². The number of aromatic nitrogens is 2. The lowest BCUT2D eigenvalue weighted by Crippen LogP contribution is -2.27. The van der Waals surface area contributed by atoms with Crippen LogP contribution in [0.4, 0.5) is 5.69 Å². The van der Waals surface area contributed by atoms with Gasteiger partial charge in [-0.05, 0) is 63.2 Å². The first-order chi connectivity index (χ1) is 16.8. The zero-order valence-corrected chi connectivity index (χ0v) is 21.6. The zero-order chi connectivity index (χ0) is 25.0. The standard InChI is InChI=1S/C26H35N5O3S/c1-4-15-31-24-12-11-21(35(33,34)30-16-7-8-17-30)18-23(24)27-25(31)13-14-26(32)28-22-10-6-5-9-20(22)19-29(2)3/h5-6,9-12,18H,4,7-8,13-17,19H2,1-3H3,(H,28,32). The summed E-state index contributed by atoms with van der Waals surface area (Å²) in [5.41, 5.74) is 3.45. The average Bonchev–Trinajstić information content (AvgIpc) is 3.48. The molecular formula is C26H35N5O3S. The highest BCUT2D eigenvalue weighted by molar-refractivity contribution is 7.89. The molecule has 4 rings (SSSR count). The van der Waals surface area contributed by atoms with Gasteiger partial charge in [0, 0.05) is 44.7 Å². The van der Waals surface area contributed by atoms with E-state index in [0.29, 0.717) is 31.4 Å². The highest BCUT2D eigenvalue weighted by Crippen LogP contribution is 2.26. The maximum absolute atomic E-state index is 13.0. The lowest BCUT2D eigenvalue weighted by atomic mass is 10.1. The Hall–Kier alpha value is -2.75. The van der Waals surface area contributed by atoms with Crippen molar-refractivity contribution in [1.82, 2.24) is 18.8 Å². The van der Waals surface area contributed by atoms with Gasteiger partial charge in [-0.1, -0.05) is 25.1 Å². The number of nitrogens with one attached hydrogen (secondary N) is 1. The number of amides is 1. The van der Waals surface area contributed by atoms with E-state index in [4.69, 9.17) is 4.98 Å². The van der Waals surface area contributed by atoms with Gasteiger partial charge in [0.1, 0.15) is 5.82 Å². The highest BCUT2D eigenvalue weighted by atomic mass is 32.2. The summed E-state index contributed by atoms with van der Waals surface area (Å²) in [7, 11) is 0.495. The maximum atomic E-state index is 13.0. The van der Waals surface area contributed by atoms with Crippen molar-refractivity contribution in [1.29, 1.82) is 0 Å². The molecule has 35 heavy (non-hydrogen) atoms. The third-order valence-corrected chi connectivity index (χ3v) is 8.20. The number of fused-ring (bicyclic) bond motifs is 1. The Balaban J connectivity index is 1.53. The molecule has 1 N–H and O–H groups in total. The summed E-state index contributed by atoms with van der Waals surface area (Å²) < 4.78 is 29.7. The number of hydrogen-bond acceptors (Lipinski definition) is 5. The smallest absolute Gasteiger partial charge is 0.243 e. The van der Waals surface area contributed by atoms with Gasteiger partial charge in [-0.15, -0.1) is 0 Å². The van der Waals surface area contributed by atoms with Gasteiger partial charge in [0.25, 0.3) is 0 Å². The van der Waals surface area contributed by atoms with Gasteiger partial charge in [0.15, 0.2) is 0 Å². The molecule has 9 heteroatoms. The number of carbonyl (C=O) groups excluding carboxylic acids is 1. The number of para-hydroxylation sites is 1. The van der Waals surface area contributed by atoms with Crippen LogP contribution in [0.2, 0.25) is 0 Å². The number of benzene rings is 2. The molecule has 1 aromatic heterocycles. The van der Waals surface area contributed by atoms with Crippen molar-refractivity contribution < 1.29 is 13.2 Å². The van der Waals surface area contributed by atoms with Crippen molar-refractivity contribution in [2.45, 2.75) is 57.0 Å². The number of hydrogen-bond donors (Lipinski definition) is 1. The molecule has 2 heterocycles. The van der Waals surface area contributed by atoms with Gasteiger partial charge in [-0.3, -0.25) is 4.79 Å². The van der Waals surface area contributed by atoms with E-state index >= 15 is 0 Å². The summed E-state index contributed by atoms with van der Waals surface area (Å²) in [5, 5.41) is 3.04. The second-order valence-electron chi connectivity index (χ2n) is 9.38. The molecule has 1 fully saturated rings. The fourth-order valence-corrected chi connectivity index (χ4v) is 6.16. The number of nitrogens with zero attached hydrogens (tertiary/aromatic N) is 4. The minimum absolute atomic E-state index is 0.0661. The van der Waals surface area contributed by atoms with Crippen LogP contribution in [-0.4, -0.2) is 60.3 Å². The molecule has 0 unspecified atom stereocenters. The van der Waals surface area contributed by atoms with Crippen molar-refractivity contribution in [3.8, 4) is 0 Å². The number of anilines is 1. The molecule has 0 bridgehead atoms. The van der Waals surface area contributed by atoms with Crippen molar-refractivity contribution in [2.24, 2.45) is 0 Å². The minimum Gasteiger partial charge on any atom is -0.328 e. The molecule has 1 aliphatic rings. The third kappa shape index (κ3) is 5.74. The van der Waals surface area contributed by atoms with Gasteiger partial charge in [-0.2, -0.15) is 4.31 Å². The average molecular weight is 498 g/mol. The van der Waals surface area contributed by atoms with Gasteiger partial charge in [-0.25, -0.2) is 13.4 Å². The van der Waals surface area contributed by atoms with E-state index in [2.05, 4.69) is 21.7 Å². The highest BCUT2D eigenvalue weighted by Gasteiger charge is 2.28. The number of carbonyl (C=O) groups is 1. The molecule has 1 amide bonds. The summed E-state index contributed by atoms with van der Waals surface area (Å²) in [6.07, 6.45) is 3.49. The number of aryl methyl sites for hydroxylation is 2. The topological polar surface area (TPSA) is 87.5 Å². The van der Waals surface area contributed by atoms with Crippen LogP contribution in [0.3, 0.4) is 0 Å². The van der Waals surface area contributed by atoms with Crippen LogP contribution >= 0.6 is 0 Å². The monoisotopic (exact) mass is 497 g/mol. The van der Waals surface area contributed by atoms with E-state index in [0.717, 1.165) is 54.9 Å². The molecule has 188 valence electrons. The fourth-order valence-electron chi connectivity index (χ4n) is 4.62. The van der Waals surface area contributed by atoms with Crippen LogP contribution in [0.15, 0.2) is 47.4 Å². The quantitative estimate of drug-likeness (QED) is 0.460. The summed E-state index contributed by atoms with van der Waals surface area (Å²) >= 11 is 0. The lowest BCUT2D eigenvalue weighted by Gasteiger charge is -2.15. The SMILES string of the molecule is CCCn1c(CCC(=O)Nc2ccccc2CN(C)C)nc2cc(S(=O)(=O)N3CCCC3)ccc21.